The molecule has 1 aliphatic heterocycles. The molecule has 0 radical (unpaired) electrons. The molecule has 1 saturated heterocycles. The van der Waals surface area contributed by atoms with Crippen molar-refractivity contribution in [2.24, 2.45) is 0 Å². The van der Waals surface area contributed by atoms with Crippen LogP contribution in [-0.2, 0) is 4.79 Å². The smallest absolute Gasteiger partial charge is 0.225 e. The molecule has 1 fully saturated rings. The fraction of sp³-hybridized carbons (Fsp3) is 0.562. The van der Waals surface area contributed by atoms with E-state index >= 15 is 0 Å². The molecule has 0 aliphatic carbocycles. The van der Waals surface area contributed by atoms with Gasteiger partial charge in [-0.3, -0.25) is 4.79 Å². The summed E-state index contributed by atoms with van der Waals surface area (Å²) in [6.45, 7) is 7.26. The van der Waals surface area contributed by atoms with E-state index in [1.807, 2.05) is 6.92 Å². The summed E-state index contributed by atoms with van der Waals surface area (Å²) in [6.07, 6.45) is 4.15. The number of hydrogen-bond acceptors (Lipinski definition) is 2. The van der Waals surface area contributed by atoms with Crippen LogP contribution in [0.2, 0.25) is 0 Å². The third-order valence-electron chi connectivity index (χ3n) is 3.96. The molecule has 0 spiro atoms. The third kappa shape index (κ3) is 3.80. The van der Waals surface area contributed by atoms with E-state index in [2.05, 4.69) is 36.6 Å². The van der Waals surface area contributed by atoms with E-state index in [-0.39, 0.29) is 5.91 Å². The lowest BCUT2D eigenvalue weighted by molar-refractivity contribution is -0.116. The lowest BCUT2D eigenvalue weighted by Gasteiger charge is -2.23. The van der Waals surface area contributed by atoms with Crippen molar-refractivity contribution in [2.75, 3.05) is 11.9 Å². The molecule has 1 amide bonds. The zero-order valence-electron chi connectivity index (χ0n) is 12.2. The van der Waals surface area contributed by atoms with Crippen molar-refractivity contribution in [1.29, 1.82) is 0 Å². The van der Waals surface area contributed by atoms with Crippen LogP contribution in [0.1, 0.15) is 42.4 Å². The Bertz CT molecular complexity index is 462. The summed E-state index contributed by atoms with van der Waals surface area (Å²) in [4.78, 5) is 12.1. The monoisotopic (exact) mass is 260 g/mol. The first kappa shape index (κ1) is 14.1. The van der Waals surface area contributed by atoms with E-state index in [0.29, 0.717) is 12.5 Å². The van der Waals surface area contributed by atoms with Crippen LogP contribution in [0.4, 0.5) is 5.69 Å². The van der Waals surface area contributed by atoms with E-state index in [4.69, 9.17) is 0 Å². The standard InChI is InChI=1S/C16H24N2O/c1-11-8-13(3)15(9-12(11)2)18-16(19)10-14-6-4-5-7-17-14/h8-9,14,17H,4-7,10H2,1-3H3,(H,18,19). The number of amides is 1. The van der Waals surface area contributed by atoms with Crippen LogP contribution in [0, 0.1) is 20.8 Å². The summed E-state index contributed by atoms with van der Waals surface area (Å²) in [5.41, 5.74) is 4.57. The summed E-state index contributed by atoms with van der Waals surface area (Å²) in [6, 6.07) is 4.54. The highest BCUT2D eigenvalue weighted by atomic mass is 16.1. The Hall–Kier alpha value is -1.35. The van der Waals surface area contributed by atoms with Crippen LogP contribution in [0.3, 0.4) is 0 Å². The van der Waals surface area contributed by atoms with Gasteiger partial charge in [0.05, 0.1) is 0 Å². The topological polar surface area (TPSA) is 41.1 Å². The van der Waals surface area contributed by atoms with Crippen molar-refractivity contribution in [3.63, 3.8) is 0 Å². The minimum atomic E-state index is 0.116. The Balaban J connectivity index is 1.96. The van der Waals surface area contributed by atoms with Gasteiger partial charge in [0, 0.05) is 18.2 Å². The van der Waals surface area contributed by atoms with E-state index in [0.717, 1.165) is 24.2 Å². The van der Waals surface area contributed by atoms with Crippen LogP contribution < -0.4 is 10.6 Å². The summed E-state index contributed by atoms with van der Waals surface area (Å²) in [5.74, 6) is 0.116. The molecule has 0 aromatic heterocycles. The van der Waals surface area contributed by atoms with Gasteiger partial charge in [0.15, 0.2) is 0 Å². The molecule has 19 heavy (non-hydrogen) atoms. The summed E-state index contributed by atoms with van der Waals surface area (Å²) < 4.78 is 0. The molecule has 104 valence electrons. The third-order valence-corrected chi connectivity index (χ3v) is 3.96. The summed E-state index contributed by atoms with van der Waals surface area (Å²) >= 11 is 0. The van der Waals surface area contributed by atoms with Crippen LogP contribution in [0.15, 0.2) is 12.1 Å². The van der Waals surface area contributed by atoms with Gasteiger partial charge in [-0.1, -0.05) is 12.5 Å². The largest absolute Gasteiger partial charge is 0.326 e. The molecule has 1 aromatic rings. The van der Waals surface area contributed by atoms with E-state index in [1.165, 1.54) is 24.0 Å². The zero-order chi connectivity index (χ0) is 13.8. The van der Waals surface area contributed by atoms with Crippen LogP contribution >= 0.6 is 0 Å². The highest BCUT2D eigenvalue weighted by Gasteiger charge is 2.16. The number of piperidine rings is 1. The fourth-order valence-electron chi connectivity index (χ4n) is 2.62. The SMILES string of the molecule is Cc1cc(C)c(NC(=O)CC2CCCCN2)cc1C. The lowest BCUT2D eigenvalue weighted by Crippen LogP contribution is -2.37. The number of nitrogens with one attached hydrogen (secondary N) is 2. The fourth-order valence-corrected chi connectivity index (χ4v) is 2.62. The maximum Gasteiger partial charge on any atom is 0.225 e. The van der Waals surface area contributed by atoms with Crippen molar-refractivity contribution < 1.29 is 4.79 Å². The predicted molar refractivity (Wildman–Crippen MR) is 79.5 cm³/mol. The quantitative estimate of drug-likeness (QED) is 0.877. The highest BCUT2D eigenvalue weighted by Crippen LogP contribution is 2.20. The molecule has 2 rings (SSSR count). The molecule has 2 N–H and O–H groups in total. The maximum atomic E-state index is 12.1. The van der Waals surface area contributed by atoms with Gasteiger partial charge in [-0.25, -0.2) is 0 Å². The van der Waals surface area contributed by atoms with Crippen molar-refractivity contribution in [2.45, 2.75) is 52.5 Å². The number of aryl methyl sites for hydroxylation is 3. The number of rotatable bonds is 3. The Morgan fingerprint density at radius 2 is 1.95 bits per heavy atom. The van der Waals surface area contributed by atoms with Gasteiger partial charge in [-0.2, -0.15) is 0 Å². The Morgan fingerprint density at radius 1 is 1.21 bits per heavy atom. The lowest BCUT2D eigenvalue weighted by atomic mass is 10.0. The number of hydrogen-bond donors (Lipinski definition) is 2. The van der Waals surface area contributed by atoms with Gasteiger partial charge >= 0.3 is 0 Å². The van der Waals surface area contributed by atoms with Gasteiger partial charge in [-0.05, 0) is 62.9 Å². The minimum absolute atomic E-state index is 0.116. The molecule has 3 heteroatoms. The molecule has 0 saturated carbocycles. The molecular weight excluding hydrogens is 236 g/mol. The molecule has 1 atom stereocenters. The summed E-state index contributed by atoms with van der Waals surface area (Å²) in [7, 11) is 0. The van der Waals surface area contributed by atoms with Gasteiger partial charge in [0.25, 0.3) is 0 Å². The van der Waals surface area contributed by atoms with Gasteiger partial charge < -0.3 is 10.6 Å². The van der Waals surface area contributed by atoms with Gasteiger partial charge in [0.1, 0.15) is 0 Å². The van der Waals surface area contributed by atoms with E-state index in [1.54, 1.807) is 0 Å². The Labute approximate surface area is 115 Å². The van der Waals surface area contributed by atoms with Gasteiger partial charge in [0.2, 0.25) is 5.91 Å². The first-order chi connectivity index (χ1) is 9.06. The minimum Gasteiger partial charge on any atom is -0.326 e. The second-order valence-electron chi connectivity index (χ2n) is 5.65. The molecule has 1 aromatic carbocycles. The highest BCUT2D eigenvalue weighted by molar-refractivity contribution is 5.92. The maximum absolute atomic E-state index is 12.1. The zero-order valence-corrected chi connectivity index (χ0v) is 12.2. The van der Waals surface area contributed by atoms with Crippen LogP contribution in [-0.4, -0.2) is 18.5 Å². The van der Waals surface area contributed by atoms with Crippen molar-refractivity contribution in [1.82, 2.24) is 5.32 Å². The normalized spacial score (nSPS) is 19.2. The van der Waals surface area contributed by atoms with E-state index in [9.17, 15) is 4.79 Å². The molecule has 3 nitrogen and oxygen atoms in total. The predicted octanol–water partition coefficient (Wildman–Crippen LogP) is 3.08. The van der Waals surface area contributed by atoms with Crippen molar-refractivity contribution in [3.8, 4) is 0 Å². The van der Waals surface area contributed by atoms with E-state index < -0.39 is 0 Å². The first-order valence-electron chi connectivity index (χ1n) is 7.17. The number of carbonyl (C=O) groups excluding carboxylic acids is 1. The van der Waals surface area contributed by atoms with Gasteiger partial charge in [-0.15, -0.1) is 0 Å². The first-order valence-corrected chi connectivity index (χ1v) is 7.17. The number of carbonyl (C=O) groups is 1. The number of anilines is 1. The molecule has 0 bridgehead atoms. The Morgan fingerprint density at radius 3 is 2.63 bits per heavy atom. The Kier molecular flexibility index (Phi) is 4.59. The number of benzene rings is 1. The average Bonchev–Trinajstić information content (AvgIpc) is 2.37. The molecule has 1 unspecified atom stereocenters. The molecular formula is C16H24N2O. The van der Waals surface area contributed by atoms with Crippen molar-refractivity contribution in [3.05, 3.63) is 28.8 Å². The van der Waals surface area contributed by atoms with Crippen molar-refractivity contribution >= 4 is 11.6 Å². The van der Waals surface area contributed by atoms with Crippen LogP contribution in [0.25, 0.3) is 0 Å². The van der Waals surface area contributed by atoms with Crippen LogP contribution in [0.5, 0.6) is 0 Å². The second kappa shape index (κ2) is 6.20. The summed E-state index contributed by atoms with van der Waals surface area (Å²) in [5, 5.41) is 6.46. The molecule has 1 heterocycles. The second-order valence-corrected chi connectivity index (χ2v) is 5.65. The molecule has 1 aliphatic rings. The average molecular weight is 260 g/mol.